The molecule has 1 aliphatic heterocycles. The summed E-state index contributed by atoms with van der Waals surface area (Å²) in [6, 6.07) is 0.465. The molecule has 1 unspecified atom stereocenters. The van der Waals surface area contributed by atoms with Crippen LogP contribution in [0.25, 0.3) is 0 Å². The molecule has 0 aromatic rings. The Morgan fingerprint density at radius 2 is 2.25 bits per heavy atom. The van der Waals surface area contributed by atoms with E-state index >= 15 is 0 Å². The number of piperidine rings is 1. The van der Waals surface area contributed by atoms with E-state index in [0.29, 0.717) is 19.1 Å². The predicted octanol–water partition coefficient (Wildman–Crippen LogP) is 0.668. The monoisotopic (exact) mass is 227 g/mol. The number of hydrogen-bond acceptors (Lipinski definition) is 3. The summed E-state index contributed by atoms with van der Waals surface area (Å²) in [7, 11) is 1.95. The molecule has 94 valence electrons. The molecule has 1 atom stereocenters. The Kier molecular flexibility index (Phi) is 5.77. The van der Waals surface area contributed by atoms with Crippen molar-refractivity contribution >= 4 is 5.91 Å². The lowest BCUT2D eigenvalue weighted by molar-refractivity contribution is -0.135. The summed E-state index contributed by atoms with van der Waals surface area (Å²) in [5, 5.41) is 0. The molecule has 16 heavy (non-hydrogen) atoms. The summed E-state index contributed by atoms with van der Waals surface area (Å²) < 4.78 is 0. The Balaban J connectivity index is 2.44. The number of nitrogens with zero attached hydrogens (tertiary/aromatic N) is 2. The number of carbonyl (C=O) groups is 1. The Bertz CT molecular complexity index is 220. The van der Waals surface area contributed by atoms with Gasteiger partial charge in [-0.1, -0.05) is 6.92 Å². The number of nitrogens with two attached hydrogens (primary N) is 1. The molecule has 1 heterocycles. The summed E-state index contributed by atoms with van der Waals surface area (Å²) in [6.45, 7) is 5.01. The lowest BCUT2D eigenvalue weighted by Crippen LogP contribution is -2.47. The van der Waals surface area contributed by atoms with Gasteiger partial charge < -0.3 is 10.6 Å². The summed E-state index contributed by atoms with van der Waals surface area (Å²) >= 11 is 0. The highest BCUT2D eigenvalue weighted by atomic mass is 16.2. The third kappa shape index (κ3) is 3.76. The minimum Gasteiger partial charge on any atom is -0.339 e. The number of amides is 1. The Morgan fingerprint density at radius 1 is 1.50 bits per heavy atom. The van der Waals surface area contributed by atoms with Crippen LogP contribution >= 0.6 is 0 Å². The second-order valence-electron chi connectivity index (χ2n) is 4.67. The Labute approximate surface area is 98.8 Å². The average Bonchev–Trinajstić information content (AvgIpc) is 2.29. The molecule has 0 radical (unpaired) electrons. The van der Waals surface area contributed by atoms with Gasteiger partial charge in [0.15, 0.2) is 0 Å². The van der Waals surface area contributed by atoms with E-state index in [2.05, 4.69) is 11.8 Å². The van der Waals surface area contributed by atoms with Gasteiger partial charge in [0, 0.05) is 25.7 Å². The first-order valence-corrected chi connectivity index (χ1v) is 6.37. The number of carbonyl (C=O) groups excluding carboxylic acids is 1. The van der Waals surface area contributed by atoms with Crippen molar-refractivity contribution in [3.63, 3.8) is 0 Å². The Hall–Kier alpha value is -0.610. The molecule has 1 amide bonds. The summed E-state index contributed by atoms with van der Waals surface area (Å²) in [5.74, 6) is 0.266. The first-order valence-electron chi connectivity index (χ1n) is 6.37. The smallest absolute Gasteiger partial charge is 0.236 e. The van der Waals surface area contributed by atoms with Crippen molar-refractivity contribution in [1.29, 1.82) is 0 Å². The van der Waals surface area contributed by atoms with Gasteiger partial charge in [0.05, 0.1) is 6.54 Å². The molecule has 1 aliphatic rings. The van der Waals surface area contributed by atoms with E-state index in [1.54, 1.807) is 0 Å². The lowest BCUT2D eigenvalue weighted by Gasteiger charge is -2.36. The van der Waals surface area contributed by atoms with Crippen molar-refractivity contribution in [1.82, 2.24) is 9.80 Å². The molecule has 1 rings (SSSR count). The van der Waals surface area contributed by atoms with Crippen LogP contribution in [0.2, 0.25) is 0 Å². The first kappa shape index (κ1) is 13.5. The van der Waals surface area contributed by atoms with Gasteiger partial charge in [0.2, 0.25) is 5.91 Å². The molecule has 4 nitrogen and oxygen atoms in total. The fourth-order valence-electron chi connectivity index (χ4n) is 2.37. The van der Waals surface area contributed by atoms with Crippen molar-refractivity contribution in [2.45, 2.75) is 38.6 Å². The maximum absolute atomic E-state index is 12.1. The van der Waals surface area contributed by atoms with E-state index in [1.807, 2.05) is 11.9 Å². The molecule has 1 fully saturated rings. The molecule has 2 N–H and O–H groups in total. The molecule has 1 saturated heterocycles. The van der Waals surface area contributed by atoms with E-state index in [4.69, 9.17) is 5.73 Å². The van der Waals surface area contributed by atoms with Gasteiger partial charge in [-0.15, -0.1) is 0 Å². The number of rotatable bonds is 5. The molecule has 0 aromatic heterocycles. The third-order valence-electron chi connectivity index (χ3n) is 3.33. The molecular formula is C12H25N3O. The van der Waals surface area contributed by atoms with Crippen LogP contribution in [-0.2, 0) is 4.79 Å². The third-order valence-corrected chi connectivity index (χ3v) is 3.33. The molecule has 0 spiro atoms. The quantitative estimate of drug-likeness (QED) is 0.751. The summed E-state index contributed by atoms with van der Waals surface area (Å²) in [6.07, 6.45) is 4.67. The van der Waals surface area contributed by atoms with Gasteiger partial charge >= 0.3 is 0 Å². The van der Waals surface area contributed by atoms with Crippen molar-refractivity contribution in [3.8, 4) is 0 Å². The van der Waals surface area contributed by atoms with Crippen LogP contribution < -0.4 is 5.73 Å². The number of likely N-dealkylation sites (tertiary alicyclic amines) is 1. The van der Waals surface area contributed by atoms with E-state index in [1.165, 1.54) is 12.8 Å². The molecule has 4 heteroatoms. The van der Waals surface area contributed by atoms with Gasteiger partial charge in [-0.25, -0.2) is 0 Å². The normalized spacial score (nSPS) is 21.5. The topological polar surface area (TPSA) is 49.6 Å². The summed E-state index contributed by atoms with van der Waals surface area (Å²) in [4.78, 5) is 16.2. The SMILES string of the molecule is CCC1CCCCN1C(=O)CN(C)CCN. The molecule has 0 bridgehead atoms. The molecule has 0 aliphatic carbocycles. The second kappa shape index (κ2) is 6.86. The minimum absolute atomic E-state index is 0.266. The van der Waals surface area contributed by atoms with Crippen molar-refractivity contribution in [3.05, 3.63) is 0 Å². The number of hydrogen-bond donors (Lipinski definition) is 1. The molecule has 0 saturated carbocycles. The standard InChI is InChI=1S/C12H25N3O/c1-3-11-6-4-5-8-15(11)12(16)10-14(2)9-7-13/h11H,3-10,13H2,1-2H3. The van der Waals surface area contributed by atoms with Crippen molar-refractivity contribution in [2.24, 2.45) is 5.73 Å². The van der Waals surface area contributed by atoms with E-state index < -0.39 is 0 Å². The van der Waals surface area contributed by atoms with Crippen LogP contribution in [0, 0.1) is 0 Å². The van der Waals surface area contributed by atoms with Crippen LogP contribution in [0.1, 0.15) is 32.6 Å². The maximum atomic E-state index is 12.1. The number of likely N-dealkylation sites (N-methyl/N-ethyl adjacent to an activating group) is 1. The van der Waals surface area contributed by atoms with E-state index in [0.717, 1.165) is 25.9 Å². The minimum atomic E-state index is 0.266. The fourth-order valence-corrected chi connectivity index (χ4v) is 2.37. The fraction of sp³-hybridized carbons (Fsp3) is 0.917. The van der Waals surface area contributed by atoms with Gasteiger partial charge in [0.1, 0.15) is 0 Å². The van der Waals surface area contributed by atoms with Crippen molar-refractivity contribution < 1.29 is 4.79 Å². The highest BCUT2D eigenvalue weighted by Crippen LogP contribution is 2.19. The van der Waals surface area contributed by atoms with Crippen LogP contribution in [-0.4, -0.2) is 55.0 Å². The van der Waals surface area contributed by atoms with Gasteiger partial charge in [-0.2, -0.15) is 0 Å². The van der Waals surface area contributed by atoms with E-state index in [-0.39, 0.29) is 5.91 Å². The summed E-state index contributed by atoms with van der Waals surface area (Å²) in [5.41, 5.74) is 5.47. The Morgan fingerprint density at radius 3 is 2.88 bits per heavy atom. The van der Waals surface area contributed by atoms with Crippen LogP contribution in [0.3, 0.4) is 0 Å². The highest BCUT2D eigenvalue weighted by molar-refractivity contribution is 5.78. The van der Waals surface area contributed by atoms with Gasteiger partial charge in [-0.3, -0.25) is 9.69 Å². The second-order valence-corrected chi connectivity index (χ2v) is 4.67. The molecule has 0 aromatic carbocycles. The highest BCUT2D eigenvalue weighted by Gasteiger charge is 2.25. The maximum Gasteiger partial charge on any atom is 0.236 e. The zero-order chi connectivity index (χ0) is 12.0. The first-order chi connectivity index (χ1) is 7.69. The largest absolute Gasteiger partial charge is 0.339 e. The van der Waals surface area contributed by atoms with Crippen LogP contribution in [0.4, 0.5) is 0 Å². The van der Waals surface area contributed by atoms with Gasteiger partial charge in [0.25, 0.3) is 0 Å². The van der Waals surface area contributed by atoms with Crippen molar-refractivity contribution in [2.75, 3.05) is 33.2 Å². The predicted molar refractivity (Wildman–Crippen MR) is 66.2 cm³/mol. The van der Waals surface area contributed by atoms with Crippen LogP contribution in [0.15, 0.2) is 0 Å². The lowest BCUT2D eigenvalue weighted by atomic mass is 10.00. The van der Waals surface area contributed by atoms with Crippen LogP contribution in [0.5, 0.6) is 0 Å². The zero-order valence-electron chi connectivity index (χ0n) is 10.6. The van der Waals surface area contributed by atoms with Gasteiger partial charge in [-0.05, 0) is 32.7 Å². The zero-order valence-corrected chi connectivity index (χ0v) is 10.6. The average molecular weight is 227 g/mol. The van der Waals surface area contributed by atoms with E-state index in [9.17, 15) is 4.79 Å². The molecular weight excluding hydrogens is 202 g/mol.